The van der Waals surface area contributed by atoms with Gasteiger partial charge >= 0.3 is 6.09 Å². The number of piperidine rings is 2. The molecule has 3 aliphatic rings. The van der Waals surface area contributed by atoms with Gasteiger partial charge in [0.1, 0.15) is 11.8 Å². The molecule has 9 N–H and O–H groups in total. The number of methoxy groups -OCH3 is 1. The van der Waals surface area contributed by atoms with Crippen molar-refractivity contribution >= 4 is 29.8 Å². The number of phenolic OH excluding ortho intramolecular Hbond substituents is 1. The van der Waals surface area contributed by atoms with E-state index in [1.165, 1.54) is 14.0 Å². The number of benzene rings is 1. The van der Waals surface area contributed by atoms with Gasteiger partial charge in [0.05, 0.1) is 25.3 Å². The third-order valence-corrected chi connectivity index (χ3v) is 10.9. The molecule has 2 saturated heterocycles. The van der Waals surface area contributed by atoms with Crippen LogP contribution in [-0.4, -0.2) is 120 Å². The number of nitrogens with one attached hydrogen (secondary N) is 3. The van der Waals surface area contributed by atoms with Crippen LogP contribution < -0.4 is 32.2 Å². The number of likely N-dealkylation sites (N-methyl/N-ethyl adjacent to an activating group) is 1. The van der Waals surface area contributed by atoms with Crippen LogP contribution in [0.15, 0.2) is 29.0 Å². The number of phenols is 1. The van der Waals surface area contributed by atoms with Gasteiger partial charge in [-0.2, -0.15) is 0 Å². The van der Waals surface area contributed by atoms with Crippen molar-refractivity contribution in [3.63, 3.8) is 0 Å². The van der Waals surface area contributed by atoms with Crippen molar-refractivity contribution in [1.82, 2.24) is 25.8 Å². The summed E-state index contributed by atoms with van der Waals surface area (Å²) in [5.74, 6) is -0.745. The molecule has 0 bridgehead atoms. The first-order valence-corrected chi connectivity index (χ1v) is 18.0. The minimum absolute atomic E-state index is 0.0297. The Bertz CT molecular complexity index is 1550. The number of nitrogens with zero attached hydrogens (tertiary/aromatic N) is 3. The predicted octanol–water partition coefficient (Wildman–Crippen LogP) is 0.862. The molecule has 0 aromatic heterocycles. The van der Waals surface area contributed by atoms with Crippen molar-refractivity contribution in [2.24, 2.45) is 16.5 Å². The number of aliphatic hydroxyl groups is 1. The molecule has 288 valence electrons. The van der Waals surface area contributed by atoms with E-state index in [9.17, 15) is 29.4 Å². The number of fused-ring (bicyclic) bond motifs is 1. The Balaban J connectivity index is 1.50. The first-order chi connectivity index (χ1) is 24.6. The van der Waals surface area contributed by atoms with Gasteiger partial charge in [0.15, 0.2) is 17.5 Å². The van der Waals surface area contributed by atoms with Crippen molar-refractivity contribution in [3.05, 3.63) is 35.1 Å². The highest BCUT2D eigenvalue weighted by Gasteiger charge is 2.61. The van der Waals surface area contributed by atoms with E-state index in [-0.39, 0.29) is 68.6 Å². The molecule has 16 nitrogen and oxygen atoms in total. The number of guanidine groups is 1. The topological polar surface area (TPSA) is 234 Å². The molecular formula is C36H56N8O8. The average molecular weight is 729 g/mol. The second-order valence-corrected chi connectivity index (χ2v) is 14.2. The summed E-state index contributed by atoms with van der Waals surface area (Å²) in [6.07, 6.45) is 4.99. The number of carbonyl (C=O) groups excluding carboxylic acids is 4. The second-order valence-electron chi connectivity index (χ2n) is 14.2. The second kappa shape index (κ2) is 17.3. The van der Waals surface area contributed by atoms with Crippen LogP contribution in [-0.2, 0) is 24.5 Å². The van der Waals surface area contributed by atoms with Crippen molar-refractivity contribution < 1.29 is 38.9 Å². The van der Waals surface area contributed by atoms with Crippen LogP contribution in [0.3, 0.4) is 0 Å². The SMILES string of the molecule is COc1ccc(C)c(C23CCN(C)C(C)[C@]2(O)CC=C(OC(=O)N2CCCCC2CNC(=O)C(CCCN=C(N)N)NC(=O)CNC(C)=O)C3)c1O. The zero-order valence-corrected chi connectivity index (χ0v) is 31.0. The number of ether oxygens (including phenoxy) is 2. The Kier molecular flexibility index (Phi) is 13.4. The lowest BCUT2D eigenvalue weighted by molar-refractivity contribution is -0.134. The first kappa shape index (κ1) is 40.2. The summed E-state index contributed by atoms with van der Waals surface area (Å²) < 4.78 is 11.6. The summed E-state index contributed by atoms with van der Waals surface area (Å²) in [7, 11) is 3.45. The molecule has 5 atom stereocenters. The molecule has 0 radical (unpaired) electrons. The number of hydrogen-bond acceptors (Lipinski definition) is 10. The lowest BCUT2D eigenvalue weighted by Gasteiger charge is -2.59. The highest BCUT2D eigenvalue weighted by molar-refractivity contribution is 5.89. The number of aromatic hydroxyl groups is 1. The maximum atomic E-state index is 13.9. The third kappa shape index (κ3) is 8.89. The predicted molar refractivity (Wildman–Crippen MR) is 194 cm³/mol. The van der Waals surface area contributed by atoms with E-state index in [1.807, 2.05) is 27.0 Å². The molecule has 16 heteroatoms. The van der Waals surface area contributed by atoms with Crippen LogP contribution in [0.4, 0.5) is 4.79 Å². The van der Waals surface area contributed by atoms with E-state index in [1.54, 1.807) is 17.0 Å². The summed E-state index contributed by atoms with van der Waals surface area (Å²) >= 11 is 0. The molecular weight excluding hydrogens is 672 g/mol. The van der Waals surface area contributed by atoms with E-state index >= 15 is 0 Å². The quantitative estimate of drug-likeness (QED) is 0.0855. The van der Waals surface area contributed by atoms with Crippen LogP contribution in [0, 0.1) is 6.92 Å². The lowest BCUT2D eigenvalue weighted by Crippen LogP contribution is -2.68. The minimum atomic E-state index is -1.28. The molecule has 1 aromatic carbocycles. The number of nitrogens with two attached hydrogens (primary N) is 2. The van der Waals surface area contributed by atoms with Crippen LogP contribution in [0.2, 0.25) is 0 Å². The molecule has 2 aliphatic heterocycles. The lowest BCUT2D eigenvalue weighted by atomic mass is 9.54. The van der Waals surface area contributed by atoms with Crippen molar-refractivity contribution in [2.75, 3.05) is 46.9 Å². The number of hydrogen-bond donors (Lipinski definition) is 7. The average Bonchev–Trinajstić information content (AvgIpc) is 3.10. The van der Waals surface area contributed by atoms with Gasteiger partial charge in [-0.1, -0.05) is 6.07 Å². The molecule has 0 saturated carbocycles. The fraction of sp³-hybridized carbons (Fsp3) is 0.639. The number of amides is 4. The Labute approximate surface area is 305 Å². The summed E-state index contributed by atoms with van der Waals surface area (Å²) in [4.78, 5) is 58.7. The Morgan fingerprint density at radius 3 is 2.60 bits per heavy atom. The normalized spacial score (nSPS) is 25.1. The van der Waals surface area contributed by atoms with Gasteiger partial charge in [-0.05, 0) is 83.7 Å². The van der Waals surface area contributed by atoms with Gasteiger partial charge in [0.25, 0.3) is 0 Å². The summed E-state index contributed by atoms with van der Waals surface area (Å²) in [5.41, 5.74) is 9.96. The standard InChI is InChI=1S/C36H56N8O8/c1-22-11-12-28(51-5)31(47)30(22)35-15-18-43(4)23(2)36(35,50)14-13-26(19-35)52-34(49)44-17-7-6-9-25(44)20-41-32(48)27(10-8-16-39-33(37)38)42-29(46)21-40-24(3)45/h11-13,23,25,27,47,50H,6-10,14-21H2,1-5H3,(H,40,45)(H,41,48)(H,42,46)(H4,37,38,39)/t23?,25?,27?,35?,36-/m1/s1. The van der Waals surface area contributed by atoms with Gasteiger partial charge in [0.2, 0.25) is 17.7 Å². The van der Waals surface area contributed by atoms with Crippen LogP contribution >= 0.6 is 0 Å². The molecule has 4 amide bonds. The number of aliphatic imine (C=N–C) groups is 1. The maximum Gasteiger partial charge on any atom is 0.415 e. The van der Waals surface area contributed by atoms with Gasteiger partial charge in [0, 0.05) is 56.4 Å². The Morgan fingerprint density at radius 1 is 1.15 bits per heavy atom. The summed E-state index contributed by atoms with van der Waals surface area (Å²) in [6.45, 7) is 6.34. The first-order valence-electron chi connectivity index (χ1n) is 18.0. The molecule has 1 aromatic rings. The van der Waals surface area contributed by atoms with Gasteiger partial charge in [-0.3, -0.25) is 19.4 Å². The number of allylic oxidation sites excluding steroid dienone is 1. The number of likely N-dealkylation sites (tertiary alicyclic amines) is 2. The molecule has 0 spiro atoms. The van der Waals surface area contributed by atoms with E-state index < -0.39 is 35.0 Å². The van der Waals surface area contributed by atoms with E-state index in [0.29, 0.717) is 49.4 Å². The van der Waals surface area contributed by atoms with Gasteiger partial charge in [-0.15, -0.1) is 0 Å². The van der Waals surface area contributed by atoms with Crippen LogP contribution in [0.1, 0.15) is 76.3 Å². The zero-order valence-electron chi connectivity index (χ0n) is 31.0. The molecule has 4 unspecified atom stereocenters. The van der Waals surface area contributed by atoms with Gasteiger partial charge in [-0.25, -0.2) is 4.79 Å². The third-order valence-electron chi connectivity index (χ3n) is 10.9. The van der Waals surface area contributed by atoms with Gasteiger partial charge < -0.3 is 56.9 Å². The van der Waals surface area contributed by atoms with Crippen LogP contribution in [0.5, 0.6) is 11.5 Å². The Hall–Kier alpha value is -4.57. The van der Waals surface area contributed by atoms with Crippen molar-refractivity contribution in [2.45, 2.75) is 101 Å². The van der Waals surface area contributed by atoms with E-state index in [4.69, 9.17) is 20.9 Å². The molecule has 1 aliphatic carbocycles. The van der Waals surface area contributed by atoms with Crippen molar-refractivity contribution in [1.29, 1.82) is 0 Å². The number of rotatable bonds is 13. The summed E-state index contributed by atoms with van der Waals surface area (Å²) in [6, 6.07) is 2.01. The fourth-order valence-electron chi connectivity index (χ4n) is 7.93. The highest BCUT2D eigenvalue weighted by Crippen LogP contribution is 2.57. The largest absolute Gasteiger partial charge is 0.504 e. The number of carbonyl (C=O) groups is 4. The van der Waals surface area contributed by atoms with Crippen LogP contribution in [0.25, 0.3) is 0 Å². The fourth-order valence-corrected chi connectivity index (χ4v) is 7.93. The van der Waals surface area contributed by atoms with E-state index in [2.05, 4.69) is 25.8 Å². The molecule has 4 rings (SSSR count). The van der Waals surface area contributed by atoms with Crippen molar-refractivity contribution in [3.8, 4) is 11.5 Å². The molecule has 2 heterocycles. The molecule has 2 fully saturated rings. The minimum Gasteiger partial charge on any atom is -0.504 e. The zero-order chi connectivity index (χ0) is 38.2. The van der Waals surface area contributed by atoms with E-state index in [0.717, 1.165) is 18.4 Å². The summed E-state index contributed by atoms with van der Waals surface area (Å²) in [5, 5.41) is 31.9. The number of aryl methyl sites for hydroxylation is 1. The smallest absolute Gasteiger partial charge is 0.415 e. The monoisotopic (exact) mass is 728 g/mol. The molecule has 52 heavy (non-hydrogen) atoms. The Morgan fingerprint density at radius 2 is 1.90 bits per heavy atom. The maximum absolute atomic E-state index is 13.9. The highest BCUT2D eigenvalue weighted by atomic mass is 16.6.